The molecule has 1 N–H and O–H groups in total. The Kier molecular flexibility index (Phi) is 6.30. The van der Waals surface area contributed by atoms with Crippen LogP contribution in [0.15, 0.2) is 65.6 Å². The number of amides is 1. The van der Waals surface area contributed by atoms with Gasteiger partial charge in [-0.15, -0.1) is 0 Å². The highest BCUT2D eigenvalue weighted by atomic mass is 35.5. The van der Waals surface area contributed by atoms with Gasteiger partial charge in [0.05, 0.1) is 5.02 Å². The molecule has 156 valence electrons. The smallest absolute Gasteiger partial charge is 0.263 e. The van der Waals surface area contributed by atoms with Gasteiger partial charge in [-0.05, 0) is 54.6 Å². The molecule has 0 saturated carbocycles. The summed E-state index contributed by atoms with van der Waals surface area (Å²) < 4.78 is 54.0. The third-order valence-corrected chi connectivity index (χ3v) is 6.26. The van der Waals surface area contributed by atoms with Crippen molar-refractivity contribution in [3.05, 3.63) is 87.9 Å². The van der Waals surface area contributed by atoms with Crippen molar-refractivity contribution < 1.29 is 22.0 Å². The maximum absolute atomic E-state index is 13.4. The van der Waals surface area contributed by atoms with Gasteiger partial charge in [0, 0.05) is 35.1 Å². The Morgan fingerprint density at radius 2 is 1.60 bits per heavy atom. The summed E-state index contributed by atoms with van der Waals surface area (Å²) in [6.45, 7) is 0. The van der Waals surface area contributed by atoms with E-state index in [1.165, 1.54) is 55.6 Å². The molecule has 0 bridgehead atoms. The first-order valence-corrected chi connectivity index (χ1v) is 10.6. The number of halogens is 4. The standard InChI is InChI=1S/C20H14Cl2F2N2O3S/c1-26(15-7-9-17(23)18(24)11-15)20(27)12-2-5-14(6-3-12)25-30(28,29)19-10-13(21)4-8-16(19)22/h2-11,25H,1H3. The van der Waals surface area contributed by atoms with E-state index >= 15 is 0 Å². The zero-order chi connectivity index (χ0) is 22.1. The quantitative estimate of drug-likeness (QED) is 0.546. The number of benzene rings is 3. The minimum absolute atomic E-state index is 0.00635. The summed E-state index contributed by atoms with van der Waals surface area (Å²) >= 11 is 11.8. The van der Waals surface area contributed by atoms with Crippen molar-refractivity contribution in [1.82, 2.24) is 0 Å². The zero-order valence-corrected chi connectivity index (χ0v) is 17.7. The summed E-state index contributed by atoms with van der Waals surface area (Å²) in [4.78, 5) is 13.5. The molecule has 0 spiro atoms. The molecule has 10 heteroatoms. The summed E-state index contributed by atoms with van der Waals surface area (Å²) in [6, 6.07) is 12.7. The lowest BCUT2D eigenvalue weighted by Crippen LogP contribution is -2.26. The third-order valence-electron chi connectivity index (χ3n) is 4.16. The second-order valence-electron chi connectivity index (χ2n) is 6.22. The van der Waals surface area contributed by atoms with E-state index in [4.69, 9.17) is 23.2 Å². The van der Waals surface area contributed by atoms with Crippen molar-refractivity contribution in [3.63, 3.8) is 0 Å². The average molecular weight is 471 g/mol. The predicted octanol–water partition coefficient (Wildman–Crippen LogP) is 5.35. The monoisotopic (exact) mass is 470 g/mol. The lowest BCUT2D eigenvalue weighted by atomic mass is 10.1. The Labute approximate surface area is 181 Å². The minimum atomic E-state index is -4.01. The number of rotatable bonds is 5. The lowest BCUT2D eigenvalue weighted by Gasteiger charge is -2.18. The van der Waals surface area contributed by atoms with E-state index in [9.17, 15) is 22.0 Å². The summed E-state index contributed by atoms with van der Waals surface area (Å²) in [7, 11) is -2.60. The molecule has 0 aliphatic rings. The lowest BCUT2D eigenvalue weighted by molar-refractivity contribution is 0.0993. The Hall–Kier alpha value is -2.68. The van der Waals surface area contributed by atoms with Gasteiger partial charge < -0.3 is 4.90 Å². The fourth-order valence-electron chi connectivity index (χ4n) is 2.58. The van der Waals surface area contributed by atoms with Crippen LogP contribution in [0.3, 0.4) is 0 Å². The van der Waals surface area contributed by atoms with Gasteiger partial charge in [0.1, 0.15) is 4.90 Å². The van der Waals surface area contributed by atoms with Gasteiger partial charge in [0.2, 0.25) is 0 Å². The molecule has 3 aromatic carbocycles. The van der Waals surface area contributed by atoms with Crippen LogP contribution >= 0.6 is 23.2 Å². The van der Waals surface area contributed by atoms with Gasteiger partial charge in [-0.3, -0.25) is 9.52 Å². The third kappa shape index (κ3) is 4.72. The molecule has 0 aliphatic carbocycles. The topological polar surface area (TPSA) is 66.5 Å². The number of sulfonamides is 1. The molecular formula is C20H14Cl2F2N2O3S. The van der Waals surface area contributed by atoms with Crippen LogP contribution in [-0.4, -0.2) is 21.4 Å². The van der Waals surface area contributed by atoms with E-state index in [1.54, 1.807) is 0 Å². The van der Waals surface area contributed by atoms with Crippen molar-refractivity contribution in [2.24, 2.45) is 0 Å². The predicted molar refractivity (Wildman–Crippen MR) is 113 cm³/mol. The molecular weight excluding hydrogens is 457 g/mol. The molecule has 0 fully saturated rings. The van der Waals surface area contributed by atoms with E-state index < -0.39 is 27.6 Å². The van der Waals surface area contributed by atoms with Crippen molar-refractivity contribution in [2.45, 2.75) is 4.90 Å². The van der Waals surface area contributed by atoms with E-state index in [1.807, 2.05) is 0 Å². The highest BCUT2D eigenvalue weighted by molar-refractivity contribution is 7.92. The Morgan fingerprint density at radius 3 is 2.23 bits per heavy atom. The van der Waals surface area contributed by atoms with Crippen LogP contribution in [-0.2, 0) is 10.0 Å². The molecule has 0 aliphatic heterocycles. The second kappa shape index (κ2) is 8.59. The second-order valence-corrected chi connectivity index (χ2v) is 8.71. The molecule has 0 saturated heterocycles. The van der Waals surface area contributed by atoms with Gasteiger partial charge in [-0.2, -0.15) is 0 Å². The highest BCUT2D eigenvalue weighted by Gasteiger charge is 2.20. The minimum Gasteiger partial charge on any atom is -0.311 e. The Morgan fingerprint density at radius 1 is 0.933 bits per heavy atom. The van der Waals surface area contributed by atoms with Crippen molar-refractivity contribution in [2.75, 3.05) is 16.7 Å². The number of hydrogen-bond donors (Lipinski definition) is 1. The van der Waals surface area contributed by atoms with Gasteiger partial charge in [0.25, 0.3) is 15.9 Å². The Bertz CT molecular complexity index is 1220. The summed E-state index contributed by atoms with van der Waals surface area (Å²) in [5, 5.41) is 0.216. The normalized spacial score (nSPS) is 11.2. The molecule has 0 radical (unpaired) electrons. The van der Waals surface area contributed by atoms with Crippen LogP contribution < -0.4 is 9.62 Å². The van der Waals surface area contributed by atoms with E-state index in [0.717, 1.165) is 17.0 Å². The average Bonchev–Trinajstić information content (AvgIpc) is 2.71. The fourth-order valence-corrected chi connectivity index (χ4v) is 4.40. The number of anilines is 2. The van der Waals surface area contributed by atoms with Crippen LogP contribution in [0.5, 0.6) is 0 Å². The van der Waals surface area contributed by atoms with E-state index in [0.29, 0.717) is 0 Å². The first-order valence-electron chi connectivity index (χ1n) is 8.39. The number of carbonyl (C=O) groups excluding carboxylic acids is 1. The van der Waals surface area contributed by atoms with Crippen molar-refractivity contribution in [3.8, 4) is 0 Å². The number of carbonyl (C=O) groups is 1. The molecule has 5 nitrogen and oxygen atoms in total. The van der Waals surface area contributed by atoms with Crippen molar-refractivity contribution >= 4 is 50.5 Å². The van der Waals surface area contributed by atoms with Crippen LogP contribution in [0.2, 0.25) is 10.0 Å². The van der Waals surface area contributed by atoms with Gasteiger partial charge in [-0.25, -0.2) is 17.2 Å². The van der Waals surface area contributed by atoms with Gasteiger partial charge >= 0.3 is 0 Å². The largest absolute Gasteiger partial charge is 0.311 e. The highest BCUT2D eigenvalue weighted by Crippen LogP contribution is 2.27. The van der Waals surface area contributed by atoms with Crippen LogP contribution in [0.25, 0.3) is 0 Å². The maximum Gasteiger partial charge on any atom is 0.263 e. The fraction of sp³-hybridized carbons (Fsp3) is 0.0500. The first kappa shape index (κ1) is 22.0. The van der Waals surface area contributed by atoms with E-state index in [2.05, 4.69) is 4.72 Å². The molecule has 30 heavy (non-hydrogen) atoms. The number of nitrogens with one attached hydrogen (secondary N) is 1. The molecule has 0 aromatic heterocycles. The Balaban J connectivity index is 1.79. The molecule has 3 aromatic rings. The zero-order valence-electron chi connectivity index (χ0n) is 15.4. The summed E-state index contributed by atoms with van der Waals surface area (Å²) in [5.74, 6) is -2.58. The molecule has 1 amide bonds. The van der Waals surface area contributed by atoms with Gasteiger partial charge in [-0.1, -0.05) is 23.2 Å². The number of hydrogen-bond acceptors (Lipinski definition) is 3. The van der Waals surface area contributed by atoms with Crippen LogP contribution in [0.4, 0.5) is 20.2 Å². The molecule has 0 heterocycles. The molecule has 0 atom stereocenters. The summed E-state index contributed by atoms with van der Waals surface area (Å²) in [6.07, 6.45) is 0. The summed E-state index contributed by atoms with van der Waals surface area (Å²) in [5.41, 5.74) is 0.573. The molecule has 3 rings (SSSR count). The number of nitrogens with zero attached hydrogens (tertiary/aromatic N) is 1. The van der Waals surface area contributed by atoms with Gasteiger partial charge in [0.15, 0.2) is 11.6 Å². The van der Waals surface area contributed by atoms with E-state index in [-0.39, 0.29) is 31.9 Å². The SMILES string of the molecule is CN(C(=O)c1ccc(NS(=O)(=O)c2cc(Cl)ccc2Cl)cc1)c1ccc(F)c(F)c1. The van der Waals surface area contributed by atoms with Crippen LogP contribution in [0, 0.1) is 11.6 Å². The van der Waals surface area contributed by atoms with Crippen LogP contribution in [0.1, 0.15) is 10.4 Å². The first-order chi connectivity index (χ1) is 14.1. The molecule has 0 unspecified atom stereocenters. The maximum atomic E-state index is 13.4. The van der Waals surface area contributed by atoms with Crippen molar-refractivity contribution in [1.29, 1.82) is 0 Å².